The van der Waals surface area contributed by atoms with Crippen molar-refractivity contribution in [2.45, 2.75) is 26.3 Å². The van der Waals surface area contributed by atoms with E-state index in [2.05, 4.69) is 0 Å². The second-order valence-electron chi connectivity index (χ2n) is 6.94. The number of aliphatic carboxylic acids is 1. The Balaban J connectivity index is 2.05. The lowest BCUT2D eigenvalue weighted by Gasteiger charge is -2.15. The largest absolute Gasteiger partial charge is 0.497 e. The molecule has 1 heterocycles. The number of hydrogen-bond acceptors (Lipinski definition) is 5. The average molecular weight is 445 g/mol. The monoisotopic (exact) mass is 444 g/mol. The van der Waals surface area contributed by atoms with Gasteiger partial charge in [0.05, 0.1) is 25.6 Å². The third kappa shape index (κ3) is 4.70. The highest BCUT2D eigenvalue weighted by Crippen LogP contribution is 2.31. The van der Waals surface area contributed by atoms with Gasteiger partial charge in [-0.25, -0.2) is 5.06 Å². The lowest BCUT2D eigenvalue weighted by atomic mass is 10.1. The van der Waals surface area contributed by atoms with Gasteiger partial charge in [-0.3, -0.25) is 24.2 Å². The third-order valence-corrected chi connectivity index (χ3v) is 5.24. The van der Waals surface area contributed by atoms with Crippen LogP contribution in [0.4, 0.5) is 0 Å². The van der Waals surface area contributed by atoms with Crippen LogP contribution in [0.3, 0.4) is 0 Å². The number of carboxylic acid groups (broad SMARTS) is 1. The molecule has 2 N–H and O–H groups in total. The Bertz CT molecular complexity index is 1150. The van der Waals surface area contributed by atoms with Gasteiger partial charge in [-0.1, -0.05) is 11.6 Å². The molecule has 1 aromatic heterocycles. The van der Waals surface area contributed by atoms with E-state index in [9.17, 15) is 19.6 Å². The van der Waals surface area contributed by atoms with Gasteiger partial charge >= 0.3 is 5.97 Å². The maximum Gasteiger partial charge on any atom is 0.303 e. The number of carbonyl (C=O) groups is 3. The minimum absolute atomic E-state index is 0.213. The molecule has 0 aliphatic heterocycles. The number of rotatable bonds is 7. The van der Waals surface area contributed by atoms with Gasteiger partial charge < -0.3 is 9.84 Å². The zero-order valence-electron chi connectivity index (χ0n) is 17.0. The van der Waals surface area contributed by atoms with Gasteiger partial charge in [-0.2, -0.15) is 0 Å². The van der Waals surface area contributed by atoms with Crippen molar-refractivity contribution in [3.63, 3.8) is 0 Å². The van der Waals surface area contributed by atoms with E-state index in [4.69, 9.17) is 21.4 Å². The van der Waals surface area contributed by atoms with Crippen LogP contribution in [0.5, 0.6) is 5.75 Å². The van der Waals surface area contributed by atoms with Crippen LogP contribution in [-0.4, -0.2) is 44.8 Å². The van der Waals surface area contributed by atoms with Crippen molar-refractivity contribution in [2.24, 2.45) is 0 Å². The van der Waals surface area contributed by atoms with E-state index in [-0.39, 0.29) is 25.3 Å². The summed E-state index contributed by atoms with van der Waals surface area (Å²) in [4.78, 5) is 36.1. The molecule has 0 fully saturated rings. The average Bonchev–Trinajstić information content (AvgIpc) is 3.02. The number of hydroxylamine groups is 2. The van der Waals surface area contributed by atoms with Gasteiger partial charge in [0.25, 0.3) is 5.91 Å². The molecule has 31 heavy (non-hydrogen) atoms. The molecule has 3 aromatic rings. The highest BCUT2D eigenvalue weighted by molar-refractivity contribution is 6.30. The van der Waals surface area contributed by atoms with E-state index in [0.29, 0.717) is 43.6 Å². The van der Waals surface area contributed by atoms with Gasteiger partial charge in [0, 0.05) is 33.7 Å². The molecule has 0 unspecified atom stereocenters. The number of hydrogen-bond donors (Lipinski definition) is 2. The number of carboxylic acids is 1. The normalized spacial score (nSPS) is 10.8. The molecule has 8 nitrogen and oxygen atoms in total. The Morgan fingerprint density at radius 2 is 1.77 bits per heavy atom. The van der Waals surface area contributed by atoms with Crippen molar-refractivity contribution in [2.75, 3.05) is 7.11 Å². The van der Waals surface area contributed by atoms with Crippen LogP contribution in [0.25, 0.3) is 10.9 Å². The van der Waals surface area contributed by atoms with Gasteiger partial charge in [0.1, 0.15) is 5.75 Å². The summed E-state index contributed by atoms with van der Waals surface area (Å²) in [7, 11) is 1.51. The summed E-state index contributed by atoms with van der Waals surface area (Å²) in [5.74, 6) is -1.61. The van der Waals surface area contributed by atoms with Crippen LogP contribution in [-0.2, 0) is 16.1 Å². The zero-order chi connectivity index (χ0) is 22.7. The number of ether oxygens (including phenoxy) is 1. The number of benzene rings is 2. The van der Waals surface area contributed by atoms with Crippen molar-refractivity contribution in [1.29, 1.82) is 0 Å². The fourth-order valence-corrected chi connectivity index (χ4v) is 3.48. The minimum atomic E-state index is -1.13. The molecule has 0 saturated carbocycles. The Labute approximate surface area is 183 Å². The highest BCUT2D eigenvalue weighted by atomic mass is 35.5. The molecule has 2 aromatic carbocycles. The van der Waals surface area contributed by atoms with E-state index in [1.54, 1.807) is 49.4 Å². The summed E-state index contributed by atoms with van der Waals surface area (Å²) in [6, 6.07) is 11.6. The lowest BCUT2D eigenvalue weighted by Crippen LogP contribution is -2.27. The van der Waals surface area contributed by atoms with Crippen LogP contribution in [0, 0.1) is 6.92 Å². The van der Waals surface area contributed by atoms with Gasteiger partial charge in [0.15, 0.2) is 0 Å². The SMILES string of the molecule is COc1ccc2c(c1)c(CN(O)C(=O)CCC(=O)O)c(C)n2C(=O)c1ccc(Cl)cc1. The van der Waals surface area contributed by atoms with Crippen molar-refractivity contribution >= 4 is 40.3 Å². The van der Waals surface area contributed by atoms with E-state index < -0.39 is 11.9 Å². The lowest BCUT2D eigenvalue weighted by molar-refractivity contribution is -0.169. The smallest absolute Gasteiger partial charge is 0.303 e. The Hall–Kier alpha value is -3.36. The van der Waals surface area contributed by atoms with Crippen LogP contribution >= 0.6 is 11.6 Å². The number of fused-ring (bicyclic) bond motifs is 1. The minimum Gasteiger partial charge on any atom is -0.497 e. The Kier molecular flexibility index (Phi) is 6.62. The first-order valence-corrected chi connectivity index (χ1v) is 9.80. The topological polar surface area (TPSA) is 109 Å². The first-order valence-electron chi connectivity index (χ1n) is 9.42. The summed E-state index contributed by atoms with van der Waals surface area (Å²) >= 11 is 5.92. The summed E-state index contributed by atoms with van der Waals surface area (Å²) in [6.07, 6.45) is -0.726. The van der Waals surface area contributed by atoms with Crippen molar-refractivity contribution in [3.05, 3.63) is 64.3 Å². The summed E-state index contributed by atoms with van der Waals surface area (Å²) < 4.78 is 6.79. The fraction of sp³-hybridized carbons (Fsp3) is 0.227. The molecule has 0 spiro atoms. The third-order valence-electron chi connectivity index (χ3n) is 4.98. The first kappa shape index (κ1) is 22.3. The molecule has 0 atom stereocenters. The molecule has 0 saturated heterocycles. The van der Waals surface area contributed by atoms with Crippen LogP contribution in [0.1, 0.15) is 34.5 Å². The fourth-order valence-electron chi connectivity index (χ4n) is 3.35. The van der Waals surface area contributed by atoms with Gasteiger partial charge in [-0.05, 0) is 49.4 Å². The summed E-state index contributed by atoms with van der Waals surface area (Å²) in [5, 5.41) is 20.6. The standard InChI is InChI=1S/C22H21ClN2O6/c1-13-18(12-24(30)20(26)9-10-21(27)28)17-11-16(31-2)7-8-19(17)25(13)22(29)14-3-5-15(23)6-4-14/h3-8,11,30H,9-10,12H2,1-2H3,(H,27,28). The molecular formula is C22H21ClN2O6. The Morgan fingerprint density at radius 1 is 1.10 bits per heavy atom. The van der Waals surface area contributed by atoms with E-state index in [1.165, 1.54) is 11.7 Å². The van der Waals surface area contributed by atoms with Gasteiger partial charge in [0.2, 0.25) is 5.91 Å². The molecule has 1 amide bonds. The molecule has 0 bridgehead atoms. The molecule has 0 aliphatic rings. The van der Waals surface area contributed by atoms with Crippen LogP contribution in [0.15, 0.2) is 42.5 Å². The van der Waals surface area contributed by atoms with Crippen molar-refractivity contribution in [3.8, 4) is 5.75 Å². The van der Waals surface area contributed by atoms with E-state index >= 15 is 0 Å². The molecule has 3 rings (SSSR count). The van der Waals surface area contributed by atoms with E-state index in [0.717, 1.165) is 0 Å². The van der Waals surface area contributed by atoms with Gasteiger partial charge in [-0.15, -0.1) is 0 Å². The van der Waals surface area contributed by atoms with Crippen LogP contribution in [0.2, 0.25) is 5.02 Å². The maximum atomic E-state index is 13.2. The zero-order valence-corrected chi connectivity index (χ0v) is 17.7. The molecular weight excluding hydrogens is 424 g/mol. The quantitative estimate of drug-likeness (QED) is 0.422. The van der Waals surface area contributed by atoms with Crippen molar-refractivity contribution in [1.82, 2.24) is 9.63 Å². The second-order valence-corrected chi connectivity index (χ2v) is 7.38. The van der Waals surface area contributed by atoms with E-state index in [1.807, 2.05) is 0 Å². The number of amides is 1. The predicted molar refractivity (Wildman–Crippen MR) is 114 cm³/mol. The maximum absolute atomic E-state index is 13.2. The number of methoxy groups -OCH3 is 1. The molecule has 162 valence electrons. The molecule has 0 radical (unpaired) electrons. The Morgan fingerprint density at radius 3 is 2.39 bits per heavy atom. The molecule has 9 heteroatoms. The second kappa shape index (κ2) is 9.20. The van der Waals surface area contributed by atoms with Crippen LogP contribution < -0.4 is 4.74 Å². The first-order chi connectivity index (χ1) is 14.7. The predicted octanol–water partition coefficient (Wildman–Crippen LogP) is 3.88. The number of halogens is 1. The van der Waals surface area contributed by atoms with Crippen molar-refractivity contribution < 1.29 is 29.4 Å². The molecule has 0 aliphatic carbocycles. The number of aromatic nitrogens is 1. The number of nitrogens with zero attached hydrogens (tertiary/aromatic N) is 2. The summed E-state index contributed by atoms with van der Waals surface area (Å²) in [6.45, 7) is 1.50. The number of carbonyl (C=O) groups excluding carboxylic acids is 2. The summed E-state index contributed by atoms with van der Waals surface area (Å²) in [5.41, 5.74) is 2.08. The highest BCUT2D eigenvalue weighted by Gasteiger charge is 2.23.